The molecule has 6 atom stereocenters. The zero-order valence-electron chi connectivity index (χ0n) is 22.3. The zero-order valence-corrected chi connectivity index (χ0v) is 23.1. The number of carbonyl (C=O) groups is 2. The SMILES string of the molecule is C/C(=C\c1csc(C)n1)[C@@H]1CC[C@](C)(O)CCC[C@H](C)[C@H](O)[C@@H](C)C(=O)C(C)(C)[C@@H](O)CC(=O)N1. The van der Waals surface area contributed by atoms with Crippen molar-refractivity contribution in [1.29, 1.82) is 0 Å². The maximum atomic E-state index is 13.2. The minimum absolute atomic E-state index is 0.131. The summed E-state index contributed by atoms with van der Waals surface area (Å²) in [4.78, 5) is 30.7. The Balaban J connectivity index is 2.33. The number of aliphatic hydroxyl groups excluding tert-OH is 2. The molecule has 35 heavy (non-hydrogen) atoms. The predicted octanol–water partition coefficient (Wildman–Crippen LogP) is 4.03. The standard InChI is InChI=1S/C27H44N2O5S/c1-16-9-8-11-27(7,34)12-10-21(17(2)13-20-15-35-19(4)28-20)29-23(31)14-22(30)26(5,6)25(33)18(3)24(16)32/h13,15-16,18,21-22,24,30,32,34H,8-12,14H2,1-7H3,(H,29,31)/b17-13+/t16-,18+,21-,22-,24-,27+/m0/s1. The summed E-state index contributed by atoms with van der Waals surface area (Å²) in [6.45, 7) is 12.5. The van der Waals surface area contributed by atoms with Gasteiger partial charge < -0.3 is 20.6 Å². The van der Waals surface area contributed by atoms with E-state index >= 15 is 0 Å². The van der Waals surface area contributed by atoms with Gasteiger partial charge in [-0.05, 0) is 64.0 Å². The summed E-state index contributed by atoms with van der Waals surface area (Å²) >= 11 is 1.55. The number of amides is 1. The third-order valence-electron chi connectivity index (χ3n) is 7.60. The van der Waals surface area contributed by atoms with E-state index in [0.717, 1.165) is 16.3 Å². The Labute approximate surface area is 214 Å². The van der Waals surface area contributed by atoms with Crippen LogP contribution in [0.2, 0.25) is 0 Å². The van der Waals surface area contributed by atoms with Crippen molar-refractivity contribution < 1.29 is 24.9 Å². The van der Waals surface area contributed by atoms with Gasteiger partial charge in [0.15, 0.2) is 0 Å². The van der Waals surface area contributed by atoms with E-state index in [-0.39, 0.29) is 30.1 Å². The number of nitrogens with one attached hydrogen (secondary N) is 1. The Morgan fingerprint density at radius 2 is 1.83 bits per heavy atom. The summed E-state index contributed by atoms with van der Waals surface area (Å²) in [5, 5.41) is 38.6. The molecule has 0 saturated carbocycles. The second-order valence-corrected chi connectivity index (χ2v) is 12.4. The van der Waals surface area contributed by atoms with Gasteiger partial charge in [-0.1, -0.05) is 34.1 Å². The van der Waals surface area contributed by atoms with Crippen molar-refractivity contribution in [3.63, 3.8) is 0 Å². The Bertz CT molecular complexity index is 907. The van der Waals surface area contributed by atoms with Crippen LogP contribution in [-0.2, 0) is 9.59 Å². The number of aromatic nitrogens is 1. The van der Waals surface area contributed by atoms with Gasteiger partial charge >= 0.3 is 0 Å². The van der Waals surface area contributed by atoms with Crippen molar-refractivity contribution in [1.82, 2.24) is 10.3 Å². The van der Waals surface area contributed by atoms with Gasteiger partial charge in [0.25, 0.3) is 0 Å². The quantitative estimate of drug-likeness (QED) is 0.479. The lowest BCUT2D eigenvalue weighted by Gasteiger charge is -2.35. The molecular weight excluding hydrogens is 464 g/mol. The van der Waals surface area contributed by atoms with Gasteiger partial charge in [-0.25, -0.2) is 4.98 Å². The van der Waals surface area contributed by atoms with E-state index in [4.69, 9.17) is 0 Å². The molecule has 2 rings (SSSR count). The Hall–Kier alpha value is -1.61. The maximum absolute atomic E-state index is 13.2. The summed E-state index contributed by atoms with van der Waals surface area (Å²) in [5.41, 5.74) is -0.371. The summed E-state index contributed by atoms with van der Waals surface area (Å²) in [7, 11) is 0. The highest BCUT2D eigenvalue weighted by molar-refractivity contribution is 7.09. The van der Waals surface area contributed by atoms with Crippen LogP contribution in [0.4, 0.5) is 0 Å². The topological polar surface area (TPSA) is 120 Å². The van der Waals surface area contributed by atoms with Crippen LogP contribution >= 0.6 is 11.3 Å². The minimum Gasteiger partial charge on any atom is -0.392 e. The number of rotatable bonds is 2. The van der Waals surface area contributed by atoms with Crippen molar-refractivity contribution in [2.75, 3.05) is 0 Å². The minimum atomic E-state index is -1.19. The number of hydrogen-bond acceptors (Lipinski definition) is 7. The fourth-order valence-electron chi connectivity index (χ4n) is 4.83. The number of aliphatic hydroxyl groups is 3. The third-order valence-corrected chi connectivity index (χ3v) is 8.39. The monoisotopic (exact) mass is 508 g/mol. The van der Waals surface area contributed by atoms with E-state index in [2.05, 4.69) is 10.3 Å². The van der Waals surface area contributed by atoms with Crippen molar-refractivity contribution in [2.24, 2.45) is 17.3 Å². The fourth-order valence-corrected chi connectivity index (χ4v) is 5.40. The molecule has 1 aromatic rings. The van der Waals surface area contributed by atoms with Crippen LogP contribution in [-0.4, -0.2) is 55.8 Å². The number of thiazole rings is 1. The van der Waals surface area contributed by atoms with Gasteiger partial charge in [-0.3, -0.25) is 9.59 Å². The number of hydrogen-bond donors (Lipinski definition) is 4. The van der Waals surface area contributed by atoms with Gasteiger partial charge in [0.2, 0.25) is 5.91 Å². The molecule has 0 aromatic carbocycles. The second-order valence-electron chi connectivity index (χ2n) is 11.3. The van der Waals surface area contributed by atoms with E-state index < -0.39 is 29.1 Å². The summed E-state index contributed by atoms with van der Waals surface area (Å²) < 4.78 is 0. The molecule has 4 N–H and O–H groups in total. The molecule has 0 spiro atoms. The van der Waals surface area contributed by atoms with E-state index in [0.29, 0.717) is 32.1 Å². The average molecular weight is 509 g/mol. The number of Topliss-reactive ketones (excluding diaryl/α,β-unsaturated/α-hetero) is 1. The van der Waals surface area contributed by atoms with Crippen molar-refractivity contribution in [3.8, 4) is 0 Å². The van der Waals surface area contributed by atoms with Crippen LogP contribution in [0.15, 0.2) is 11.0 Å². The average Bonchev–Trinajstić information content (AvgIpc) is 3.18. The zero-order chi connectivity index (χ0) is 26.6. The Morgan fingerprint density at radius 3 is 2.43 bits per heavy atom. The molecule has 0 bridgehead atoms. The summed E-state index contributed by atoms with van der Waals surface area (Å²) in [6.07, 6.45) is 2.63. The molecule has 2 heterocycles. The first kappa shape index (κ1) is 29.6. The van der Waals surface area contributed by atoms with Crippen LogP contribution < -0.4 is 5.32 Å². The van der Waals surface area contributed by atoms with Gasteiger partial charge in [0, 0.05) is 11.3 Å². The number of ketones is 1. The van der Waals surface area contributed by atoms with Crippen LogP contribution in [0.1, 0.15) is 90.8 Å². The Morgan fingerprint density at radius 1 is 1.17 bits per heavy atom. The molecule has 1 saturated heterocycles. The summed E-state index contributed by atoms with van der Waals surface area (Å²) in [6, 6.07) is -0.338. The van der Waals surface area contributed by atoms with Gasteiger partial charge in [-0.15, -0.1) is 11.3 Å². The van der Waals surface area contributed by atoms with Crippen LogP contribution in [0, 0.1) is 24.2 Å². The van der Waals surface area contributed by atoms with Crippen molar-refractivity contribution >= 4 is 29.1 Å². The highest BCUT2D eigenvalue weighted by Crippen LogP contribution is 2.33. The molecule has 0 radical (unpaired) electrons. The lowest BCUT2D eigenvalue weighted by molar-refractivity contribution is -0.143. The molecule has 0 unspecified atom stereocenters. The normalized spacial score (nSPS) is 34.5. The van der Waals surface area contributed by atoms with E-state index in [1.807, 2.05) is 32.2 Å². The molecule has 1 aliphatic heterocycles. The lowest BCUT2D eigenvalue weighted by Crippen LogP contribution is -2.47. The summed E-state index contributed by atoms with van der Waals surface area (Å²) in [5.74, 6) is -1.43. The van der Waals surface area contributed by atoms with Crippen LogP contribution in [0.3, 0.4) is 0 Å². The van der Waals surface area contributed by atoms with E-state index in [1.165, 1.54) is 0 Å². The first-order valence-corrected chi connectivity index (χ1v) is 13.5. The highest BCUT2D eigenvalue weighted by Gasteiger charge is 2.42. The largest absolute Gasteiger partial charge is 0.392 e. The molecule has 1 fully saturated rings. The van der Waals surface area contributed by atoms with Crippen molar-refractivity contribution in [2.45, 2.75) is 111 Å². The number of aryl methyl sites for hydroxylation is 1. The predicted molar refractivity (Wildman–Crippen MR) is 140 cm³/mol. The number of nitrogens with zero attached hydrogens (tertiary/aromatic N) is 1. The van der Waals surface area contributed by atoms with Crippen molar-refractivity contribution in [3.05, 3.63) is 21.7 Å². The lowest BCUT2D eigenvalue weighted by atomic mass is 9.72. The molecule has 1 aliphatic rings. The van der Waals surface area contributed by atoms with Gasteiger partial charge in [-0.2, -0.15) is 0 Å². The molecule has 8 heteroatoms. The van der Waals surface area contributed by atoms with Gasteiger partial charge in [0.05, 0.1) is 46.4 Å². The highest BCUT2D eigenvalue weighted by atomic mass is 32.1. The maximum Gasteiger partial charge on any atom is 0.223 e. The molecule has 1 amide bonds. The molecule has 7 nitrogen and oxygen atoms in total. The number of carbonyl (C=O) groups excluding carboxylic acids is 2. The van der Waals surface area contributed by atoms with Gasteiger partial charge in [0.1, 0.15) is 5.78 Å². The van der Waals surface area contributed by atoms with E-state index in [9.17, 15) is 24.9 Å². The second kappa shape index (κ2) is 12.1. The molecule has 0 aliphatic carbocycles. The third kappa shape index (κ3) is 8.20. The fraction of sp³-hybridized carbons (Fsp3) is 0.741. The molecular formula is C27H44N2O5S. The first-order valence-electron chi connectivity index (χ1n) is 12.7. The van der Waals surface area contributed by atoms with Crippen LogP contribution in [0.25, 0.3) is 6.08 Å². The molecule has 1 aromatic heterocycles. The van der Waals surface area contributed by atoms with E-state index in [1.54, 1.807) is 39.0 Å². The first-order chi connectivity index (χ1) is 16.1. The van der Waals surface area contributed by atoms with Crippen LogP contribution in [0.5, 0.6) is 0 Å². The smallest absolute Gasteiger partial charge is 0.223 e. The Kier molecular flexibility index (Phi) is 10.2. The molecule has 198 valence electrons.